The number of hydrogen-bond donors (Lipinski definition) is 1. The first kappa shape index (κ1) is 16.3. The van der Waals surface area contributed by atoms with Gasteiger partial charge < -0.3 is 14.9 Å². The van der Waals surface area contributed by atoms with Crippen LogP contribution in [0.1, 0.15) is 32.8 Å². The number of rotatable bonds is 3. The Kier molecular flexibility index (Phi) is 4.74. The molecule has 0 bridgehead atoms. The van der Waals surface area contributed by atoms with Gasteiger partial charge in [-0.1, -0.05) is 39.0 Å². The molecule has 1 aliphatic heterocycles. The van der Waals surface area contributed by atoms with Gasteiger partial charge in [0, 0.05) is 31.9 Å². The van der Waals surface area contributed by atoms with Crippen molar-refractivity contribution < 1.29 is 14.7 Å². The number of benzene rings is 1. The zero-order chi connectivity index (χ0) is 16.3. The first-order valence-electron chi connectivity index (χ1n) is 7.63. The van der Waals surface area contributed by atoms with Gasteiger partial charge in [-0.05, 0) is 17.0 Å². The Bertz CT molecular complexity index is 555. The molecule has 0 aliphatic carbocycles. The quantitative estimate of drug-likeness (QED) is 0.869. The predicted molar refractivity (Wildman–Crippen MR) is 86.2 cm³/mol. The topological polar surface area (TPSA) is 60.9 Å². The summed E-state index contributed by atoms with van der Waals surface area (Å²) in [6.45, 7) is 9.20. The zero-order valence-electron chi connectivity index (χ0n) is 13.5. The number of piperazine rings is 1. The molecule has 0 radical (unpaired) electrons. The molecule has 1 amide bonds. The van der Waals surface area contributed by atoms with E-state index in [9.17, 15) is 9.59 Å². The Hall–Kier alpha value is -2.04. The van der Waals surface area contributed by atoms with E-state index in [1.165, 1.54) is 11.3 Å². The van der Waals surface area contributed by atoms with Gasteiger partial charge in [0.05, 0.1) is 0 Å². The van der Waals surface area contributed by atoms with E-state index >= 15 is 0 Å². The molecule has 5 nitrogen and oxygen atoms in total. The second-order valence-electron chi connectivity index (χ2n) is 6.71. The fourth-order valence-corrected chi connectivity index (χ4v) is 2.82. The largest absolute Gasteiger partial charge is 0.481 e. The van der Waals surface area contributed by atoms with E-state index in [0.29, 0.717) is 13.1 Å². The summed E-state index contributed by atoms with van der Waals surface area (Å²) in [6, 6.07) is 8.36. The van der Waals surface area contributed by atoms with E-state index < -0.39 is 12.4 Å². The molecule has 0 unspecified atom stereocenters. The number of hydrogen-bond acceptors (Lipinski definition) is 3. The lowest BCUT2D eigenvalue weighted by Gasteiger charge is -2.38. The molecule has 1 N–H and O–H groups in total. The highest BCUT2D eigenvalue weighted by molar-refractivity contribution is 5.93. The van der Waals surface area contributed by atoms with Crippen LogP contribution in [0.5, 0.6) is 0 Å². The molecule has 1 heterocycles. The number of amides is 1. The van der Waals surface area contributed by atoms with Crippen LogP contribution < -0.4 is 4.90 Å². The first-order chi connectivity index (χ1) is 10.3. The lowest BCUT2D eigenvalue weighted by atomic mass is 9.85. The van der Waals surface area contributed by atoms with Gasteiger partial charge in [-0.3, -0.25) is 9.59 Å². The monoisotopic (exact) mass is 304 g/mol. The number of carboxylic acids is 1. The van der Waals surface area contributed by atoms with Crippen LogP contribution in [0.2, 0.25) is 0 Å². The number of nitrogens with zero attached hydrogens (tertiary/aromatic N) is 2. The standard InChI is InChI=1S/C17H24N2O3/c1-17(2,3)13-6-4-5-7-14(13)18-8-10-19(11-9-18)15(20)12-16(21)22/h4-7H,8-12H2,1-3H3,(H,21,22). The first-order valence-corrected chi connectivity index (χ1v) is 7.63. The average Bonchev–Trinajstić information content (AvgIpc) is 2.46. The third-order valence-corrected chi connectivity index (χ3v) is 3.99. The minimum absolute atomic E-state index is 0.0624. The van der Waals surface area contributed by atoms with Crippen LogP contribution in [0.25, 0.3) is 0 Å². The van der Waals surface area contributed by atoms with E-state index in [2.05, 4.69) is 43.9 Å². The highest BCUT2D eigenvalue weighted by atomic mass is 16.4. The lowest BCUT2D eigenvalue weighted by molar-refractivity contribution is -0.144. The highest BCUT2D eigenvalue weighted by Gasteiger charge is 2.26. The second-order valence-corrected chi connectivity index (χ2v) is 6.71. The Balaban J connectivity index is 2.07. The van der Waals surface area contributed by atoms with Crippen LogP contribution in [0.4, 0.5) is 5.69 Å². The fraction of sp³-hybridized carbons (Fsp3) is 0.529. The van der Waals surface area contributed by atoms with Gasteiger partial charge in [0.1, 0.15) is 6.42 Å². The van der Waals surface area contributed by atoms with Gasteiger partial charge >= 0.3 is 5.97 Å². The summed E-state index contributed by atoms with van der Waals surface area (Å²) in [5.74, 6) is -1.36. The number of carboxylic acid groups (broad SMARTS) is 1. The Morgan fingerprint density at radius 3 is 2.23 bits per heavy atom. The van der Waals surface area contributed by atoms with Gasteiger partial charge in [-0.15, -0.1) is 0 Å². The molecule has 0 atom stereocenters. The SMILES string of the molecule is CC(C)(C)c1ccccc1N1CCN(C(=O)CC(=O)O)CC1. The summed E-state index contributed by atoms with van der Waals surface area (Å²) in [4.78, 5) is 26.4. The summed E-state index contributed by atoms with van der Waals surface area (Å²) in [6.07, 6.45) is -0.418. The van der Waals surface area contributed by atoms with Gasteiger partial charge in [0.25, 0.3) is 0 Å². The summed E-state index contributed by atoms with van der Waals surface area (Å²) in [5, 5.41) is 8.71. The molecule has 1 saturated heterocycles. The molecular formula is C17H24N2O3. The molecule has 1 aromatic rings. The van der Waals surface area contributed by atoms with Crippen molar-refractivity contribution in [1.29, 1.82) is 0 Å². The van der Waals surface area contributed by atoms with Crippen LogP contribution in [0.3, 0.4) is 0 Å². The Morgan fingerprint density at radius 2 is 1.68 bits per heavy atom. The van der Waals surface area contributed by atoms with Crippen molar-refractivity contribution in [3.8, 4) is 0 Å². The minimum atomic E-state index is -1.06. The molecule has 1 fully saturated rings. The third-order valence-electron chi connectivity index (χ3n) is 3.99. The average molecular weight is 304 g/mol. The van der Waals surface area contributed by atoms with E-state index in [1.807, 2.05) is 6.07 Å². The van der Waals surface area contributed by atoms with Gasteiger partial charge in [-0.2, -0.15) is 0 Å². The number of aliphatic carboxylic acids is 1. The molecule has 0 spiro atoms. The second kappa shape index (κ2) is 6.38. The maximum Gasteiger partial charge on any atom is 0.312 e. The van der Waals surface area contributed by atoms with Crippen molar-refractivity contribution in [3.05, 3.63) is 29.8 Å². The molecule has 0 aromatic heterocycles. The van der Waals surface area contributed by atoms with E-state index in [4.69, 9.17) is 5.11 Å². The normalized spacial score (nSPS) is 15.8. The maximum absolute atomic E-state index is 11.8. The summed E-state index contributed by atoms with van der Waals surface area (Å²) in [5.41, 5.74) is 2.56. The lowest BCUT2D eigenvalue weighted by Crippen LogP contribution is -2.49. The summed E-state index contributed by atoms with van der Waals surface area (Å²) >= 11 is 0. The Morgan fingerprint density at radius 1 is 1.09 bits per heavy atom. The molecule has 2 rings (SSSR count). The zero-order valence-corrected chi connectivity index (χ0v) is 13.5. The molecule has 120 valence electrons. The van der Waals surface area contributed by atoms with Crippen molar-refractivity contribution in [2.45, 2.75) is 32.6 Å². The highest BCUT2D eigenvalue weighted by Crippen LogP contribution is 2.32. The Labute approximate surface area is 131 Å². The molecule has 5 heteroatoms. The number of para-hydroxylation sites is 1. The molecule has 0 saturated carbocycles. The number of carbonyl (C=O) groups is 2. The minimum Gasteiger partial charge on any atom is -0.481 e. The van der Waals surface area contributed by atoms with E-state index in [-0.39, 0.29) is 11.3 Å². The van der Waals surface area contributed by atoms with Crippen LogP contribution in [-0.4, -0.2) is 48.1 Å². The van der Waals surface area contributed by atoms with Crippen LogP contribution in [0, 0.1) is 0 Å². The third kappa shape index (κ3) is 3.78. The van der Waals surface area contributed by atoms with Crippen molar-refractivity contribution in [2.24, 2.45) is 0 Å². The fourth-order valence-electron chi connectivity index (χ4n) is 2.82. The van der Waals surface area contributed by atoms with Crippen molar-refractivity contribution in [2.75, 3.05) is 31.1 Å². The number of carbonyl (C=O) groups excluding carboxylic acids is 1. The van der Waals surface area contributed by atoms with E-state index in [1.54, 1.807) is 4.90 Å². The van der Waals surface area contributed by atoms with Crippen LogP contribution >= 0.6 is 0 Å². The van der Waals surface area contributed by atoms with Crippen molar-refractivity contribution >= 4 is 17.6 Å². The van der Waals surface area contributed by atoms with Crippen LogP contribution in [0.15, 0.2) is 24.3 Å². The molecule has 22 heavy (non-hydrogen) atoms. The predicted octanol–water partition coefficient (Wildman–Crippen LogP) is 2.11. The smallest absolute Gasteiger partial charge is 0.312 e. The van der Waals surface area contributed by atoms with Crippen molar-refractivity contribution in [1.82, 2.24) is 4.90 Å². The summed E-state index contributed by atoms with van der Waals surface area (Å²) < 4.78 is 0. The molecule has 1 aromatic carbocycles. The van der Waals surface area contributed by atoms with Gasteiger partial charge in [-0.25, -0.2) is 0 Å². The molecule has 1 aliphatic rings. The van der Waals surface area contributed by atoms with Crippen molar-refractivity contribution in [3.63, 3.8) is 0 Å². The van der Waals surface area contributed by atoms with Gasteiger partial charge in [0.15, 0.2) is 0 Å². The molecular weight excluding hydrogens is 280 g/mol. The van der Waals surface area contributed by atoms with Crippen LogP contribution in [-0.2, 0) is 15.0 Å². The van der Waals surface area contributed by atoms with E-state index in [0.717, 1.165) is 13.1 Å². The van der Waals surface area contributed by atoms with Gasteiger partial charge in [0.2, 0.25) is 5.91 Å². The number of anilines is 1. The summed E-state index contributed by atoms with van der Waals surface area (Å²) in [7, 11) is 0. The maximum atomic E-state index is 11.8.